The number of likely N-dealkylation sites (N-methyl/N-ethyl adjacent to an activating group) is 1. The number of amides is 1. The van der Waals surface area contributed by atoms with Crippen LogP contribution in [0.4, 0.5) is 4.39 Å². The maximum Gasteiger partial charge on any atom is 0.295 e. The molecule has 1 aliphatic heterocycles. The van der Waals surface area contributed by atoms with Crippen molar-refractivity contribution in [3.63, 3.8) is 0 Å². The SMILES string of the molecule is CN1C(=O)C(=O)/C(=C(/O)c2ccccc2)C1c1ccc(F)cc1. The number of aliphatic hydroxyl groups is 1. The molecule has 1 unspecified atom stereocenters. The Kier molecular flexibility index (Phi) is 3.70. The molecule has 0 bridgehead atoms. The molecule has 0 aromatic heterocycles. The van der Waals surface area contributed by atoms with Crippen LogP contribution >= 0.6 is 0 Å². The van der Waals surface area contributed by atoms with Gasteiger partial charge in [-0.1, -0.05) is 42.5 Å². The highest BCUT2D eigenvalue weighted by Gasteiger charge is 2.44. The highest BCUT2D eigenvalue weighted by atomic mass is 19.1. The van der Waals surface area contributed by atoms with Crippen molar-refractivity contribution in [1.82, 2.24) is 4.90 Å². The second kappa shape index (κ2) is 5.68. The van der Waals surface area contributed by atoms with Crippen molar-refractivity contribution in [2.45, 2.75) is 6.04 Å². The van der Waals surface area contributed by atoms with Crippen LogP contribution in [0.5, 0.6) is 0 Å². The summed E-state index contributed by atoms with van der Waals surface area (Å²) in [5.41, 5.74) is 1.02. The average molecular weight is 311 g/mol. The Hall–Kier alpha value is -2.95. The Morgan fingerprint density at radius 1 is 1.04 bits per heavy atom. The molecule has 0 saturated carbocycles. The maximum absolute atomic E-state index is 13.1. The molecule has 1 atom stereocenters. The summed E-state index contributed by atoms with van der Waals surface area (Å²) in [6, 6.07) is 13.3. The quantitative estimate of drug-likeness (QED) is 0.527. The smallest absolute Gasteiger partial charge is 0.295 e. The molecule has 1 N–H and O–H groups in total. The van der Waals surface area contributed by atoms with Crippen molar-refractivity contribution >= 4 is 17.4 Å². The highest BCUT2D eigenvalue weighted by molar-refractivity contribution is 6.46. The van der Waals surface area contributed by atoms with Gasteiger partial charge >= 0.3 is 0 Å². The van der Waals surface area contributed by atoms with Gasteiger partial charge in [-0.15, -0.1) is 0 Å². The van der Waals surface area contributed by atoms with Crippen molar-refractivity contribution < 1.29 is 19.1 Å². The molecule has 1 aliphatic rings. The van der Waals surface area contributed by atoms with Gasteiger partial charge < -0.3 is 10.0 Å². The van der Waals surface area contributed by atoms with E-state index in [1.807, 2.05) is 0 Å². The molecular weight excluding hydrogens is 297 g/mol. The largest absolute Gasteiger partial charge is 0.507 e. The van der Waals surface area contributed by atoms with Crippen LogP contribution in [0.25, 0.3) is 5.76 Å². The highest BCUT2D eigenvalue weighted by Crippen LogP contribution is 2.38. The van der Waals surface area contributed by atoms with Gasteiger partial charge in [-0.05, 0) is 17.7 Å². The molecule has 5 heteroatoms. The normalized spacial score (nSPS) is 20.1. The van der Waals surface area contributed by atoms with Crippen LogP contribution in [0.3, 0.4) is 0 Å². The van der Waals surface area contributed by atoms with E-state index in [4.69, 9.17) is 0 Å². The van der Waals surface area contributed by atoms with Gasteiger partial charge in [-0.3, -0.25) is 9.59 Å². The number of hydrogen-bond acceptors (Lipinski definition) is 3. The lowest BCUT2D eigenvalue weighted by Gasteiger charge is -2.20. The van der Waals surface area contributed by atoms with E-state index >= 15 is 0 Å². The third-order valence-electron chi connectivity index (χ3n) is 3.91. The third-order valence-corrected chi connectivity index (χ3v) is 3.91. The summed E-state index contributed by atoms with van der Waals surface area (Å²) in [6.07, 6.45) is 0. The van der Waals surface area contributed by atoms with E-state index in [1.54, 1.807) is 30.3 Å². The van der Waals surface area contributed by atoms with Crippen LogP contribution in [-0.4, -0.2) is 28.7 Å². The fourth-order valence-electron chi connectivity index (χ4n) is 2.73. The number of aliphatic hydroxyl groups excluding tert-OH is 1. The number of Topliss-reactive ketones (excluding diaryl/α,β-unsaturated/α-hetero) is 1. The number of nitrogens with zero attached hydrogens (tertiary/aromatic N) is 1. The molecule has 0 radical (unpaired) electrons. The molecule has 3 rings (SSSR count). The number of hydrogen-bond donors (Lipinski definition) is 1. The van der Waals surface area contributed by atoms with Gasteiger partial charge in [0.25, 0.3) is 11.7 Å². The monoisotopic (exact) mass is 311 g/mol. The first-order valence-electron chi connectivity index (χ1n) is 7.06. The van der Waals surface area contributed by atoms with E-state index in [9.17, 15) is 19.1 Å². The fourth-order valence-corrected chi connectivity index (χ4v) is 2.73. The van der Waals surface area contributed by atoms with Crippen LogP contribution < -0.4 is 0 Å². The zero-order valence-electron chi connectivity index (χ0n) is 12.4. The van der Waals surface area contributed by atoms with E-state index in [0.29, 0.717) is 11.1 Å². The van der Waals surface area contributed by atoms with Crippen LogP contribution in [0.2, 0.25) is 0 Å². The molecule has 2 aromatic carbocycles. The summed E-state index contributed by atoms with van der Waals surface area (Å²) in [5, 5.41) is 10.5. The second-order valence-electron chi connectivity index (χ2n) is 5.33. The van der Waals surface area contributed by atoms with Crippen LogP contribution in [0.1, 0.15) is 17.2 Å². The molecule has 0 aliphatic carbocycles. The minimum absolute atomic E-state index is 0.00954. The lowest BCUT2D eigenvalue weighted by Crippen LogP contribution is -2.24. The summed E-state index contributed by atoms with van der Waals surface area (Å²) in [4.78, 5) is 25.6. The van der Waals surface area contributed by atoms with Gasteiger partial charge in [-0.2, -0.15) is 0 Å². The topological polar surface area (TPSA) is 57.6 Å². The van der Waals surface area contributed by atoms with Crippen molar-refractivity contribution in [2.24, 2.45) is 0 Å². The van der Waals surface area contributed by atoms with Crippen molar-refractivity contribution in [2.75, 3.05) is 7.05 Å². The predicted octanol–water partition coefficient (Wildman–Crippen LogP) is 2.88. The van der Waals surface area contributed by atoms with E-state index in [2.05, 4.69) is 0 Å². The maximum atomic E-state index is 13.1. The Morgan fingerprint density at radius 2 is 1.65 bits per heavy atom. The zero-order chi connectivity index (χ0) is 16.6. The van der Waals surface area contributed by atoms with Gasteiger partial charge in [0.05, 0.1) is 11.6 Å². The molecule has 1 amide bonds. The molecule has 1 fully saturated rings. The van der Waals surface area contributed by atoms with Gasteiger partial charge in [0.2, 0.25) is 0 Å². The zero-order valence-corrected chi connectivity index (χ0v) is 12.4. The first-order valence-corrected chi connectivity index (χ1v) is 7.06. The van der Waals surface area contributed by atoms with Crippen LogP contribution in [0, 0.1) is 5.82 Å². The third kappa shape index (κ3) is 2.50. The molecule has 0 spiro atoms. The fraction of sp³-hybridized carbons (Fsp3) is 0.111. The molecule has 116 valence electrons. The van der Waals surface area contributed by atoms with Crippen LogP contribution in [-0.2, 0) is 9.59 Å². The van der Waals surface area contributed by atoms with E-state index in [0.717, 1.165) is 0 Å². The van der Waals surface area contributed by atoms with E-state index < -0.39 is 23.5 Å². The second-order valence-corrected chi connectivity index (χ2v) is 5.33. The minimum atomic E-state index is -0.747. The summed E-state index contributed by atoms with van der Waals surface area (Å²) < 4.78 is 13.1. The van der Waals surface area contributed by atoms with Gasteiger partial charge in [0.15, 0.2) is 0 Å². The summed E-state index contributed by atoms with van der Waals surface area (Å²) >= 11 is 0. The molecular formula is C18H14FNO3. The first kappa shape index (κ1) is 15.0. The minimum Gasteiger partial charge on any atom is -0.507 e. The summed E-state index contributed by atoms with van der Waals surface area (Å²) in [5.74, 6) is -2.09. The number of ketones is 1. The Morgan fingerprint density at radius 3 is 2.26 bits per heavy atom. The van der Waals surface area contributed by atoms with Crippen LogP contribution in [0.15, 0.2) is 60.2 Å². The number of carbonyl (C=O) groups is 2. The van der Waals surface area contributed by atoms with Gasteiger partial charge in [0, 0.05) is 12.6 Å². The molecule has 2 aromatic rings. The van der Waals surface area contributed by atoms with E-state index in [-0.39, 0.29) is 11.3 Å². The number of benzene rings is 2. The lowest BCUT2D eigenvalue weighted by atomic mass is 9.95. The van der Waals surface area contributed by atoms with Gasteiger partial charge in [0.1, 0.15) is 11.6 Å². The Balaban J connectivity index is 2.17. The van der Waals surface area contributed by atoms with Crippen molar-refractivity contribution in [1.29, 1.82) is 0 Å². The first-order chi connectivity index (χ1) is 11.0. The number of halogens is 1. The standard InChI is InChI=1S/C18H14FNO3/c1-20-15(11-7-9-13(19)10-8-11)14(17(22)18(20)23)16(21)12-5-3-2-4-6-12/h2-10,15,21H,1H3/b16-14+. The number of rotatable bonds is 2. The Labute approximate surface area is 132 Å². The molecule has 4 nitrogen and oxygen atoms in total. The van der Waals surface area contributed by atoms with E-state index in [1.165, 1.54) is 36.2 Å². The molecule has 1 saturated heterocycles. The number of carbonyl (C=O) groups excluding carboxylic acids is 2. The lowest BCUT2D eigenvalue weighted by molar-refractivity contribution is -0.139. The van der Waals surface area contributed by atoms with Crippen molar-refractivity contribution in [3.05, 3.63) is 77.1 Å². The summed E-state index contributed by atoms with van der Waals surface area (Å²) in [6.45, 7) is 0. The van der Waals surface area contributed by atoms with Gasteiger partial charge in [-0.25, -0.2) is 4.39 Å². The van der Waals surface area contributed by atoms with Crippen molar-refractivity contribution in [3.8, 4) is 0 Å². The summed E-state index contributed by atoms with van der Waals surface area (Å²) in [7, 11) is 1.49. The molecule has 23 heavy (non-hydrogen) atoms. The average Bonchev–Trinajstić information content (AvgIpc) is 2.80. The predicted molar refractivity (Wildman–Crippen MR) is 82.9 cm³/mol. The number of likely N-dealkylation sites (tertiary alicyclic amines) is 1. The Bertz CT molecular complexity index is 797. The molecule has 1 heterocycles.